The summed E-state index contributed by atoms with van der Waals surface area (Å²) in [6.07, 6.45) is 1.80. The van der Waals surface area contributed by atoms with E-state index in [1.807, 2.05) is 48.5 Å². The molecule has 0 unspecified atom stereocenters. The Kier molecular flexibility index (Phi) is 6.79. The van der Waals surface area contributed by atoms with Crippen molar-refractivity contribution in [2.45, 2.75) is 26.4 Å². The van der Waals surface area contributed by atoms with Crippen LogP contribution in [0.1, 0.15) is 24.5 Å². The number of phenolic OH excluding ortho intramolecular Hbond substituents is 2. The molecule has 0 spiro atoms. The van der Waals surface area contributed by atoms with E-state index >= 15 is 0 Å². The largest absolute Gasteiger partial charge is 0.504 e. The minimum absolute atomic E-state index is 0.0550. The van der Waals surface area contributed by atoms with Crippen LogP contribution in [-0.2, 0) is 13.0 Å². The molecular weight excluding hydrogens is 350 g/mol. The van der Waals surface area contributed by atoms with Gasteiger partial charge in [0.2, 0.25) is 0 Å². The van der Waals surface area contributed by atoms with Crippen molar-refractivity contribution >= 4 is 5.69 Å². The van der Waals surface area contributed by atoms with Gasteiger partial charge >= 0.3 is 0 Å². The summed E-state index contributed by atoms with van der Waals surface area (Å²) in [5, 5.41) is 19.9. The van der Waals surface area contributed by atoms with Crippen molar-refractivity contribution in [2.24, 2.45) is 0 Å². The van der Waals surface area contributed by atoms with Crippen molar-refractivity contribution in [3.63, 3.8) is 0 Å². The third-order valence-electron chi connectivity index (χ3n) is 4.67. The lowest BCUT2D eigenvalue weighted by Crippen LogP contribution is -2.26. The molecule has 4 heteroatoms. The average molecular weight is 377 g/mol. The van der Waals surface area contributed by atoms with Crippen molar-refractivity contribution in [3.8, 4) is 17.2 Å². The Morgan fingerprint density at radius 3 is 2.25 bits per heavy atom. The summed E-state index contributed by atoms with van der Waals surface area (Å²) in [6.45, 7) is 4.23. The standard InChI is InChI=1S/C24H27NO3/c1-2-16-25(22-9-6-10-23(26)24(22)27)17-15-19-11-13-21(14-12-19)28-18-20-7-4-3-5-8-20/h3-14,26-27H,2,15-18H2,1H3. The van der Waals surface area contributed by atoms with E-state index in [2.05, 4.69) is 24.0 Å². The van der Waals surface area contributed by atoms with Gasteiger partial charge < -0.3 is 19.8 Å². The molecule has 3 aromatic carbocycles. The van der Waals surface area contributed by atoms with Crippen molar-refractivity contribution < 1.29 is 14.9 Å². The van der Waals surface area contributed by atoms with Crippen LogP contribution in [0, 0.1) is 0 Å². The molecule has 0 aliphatic heterocycles. The fourth-order valence-corrected chi connectivity index (χ4v) is 3.15. The van der Waals surface area contributed by atoms with Crippen LogP contribution >= 0.6 is 0 Å². The van der Waals surface area contributed by atoms with Gasteiger partial charge in [0.15, 0.2) is 11.5 Å². The Bertz CT molecular complexity index is 863. The molecule has 0 fully saturated rings. The number of aromatic hydroxyl groups is 2. The van der Waals surface area contributed by atoms with Gasteiger partial charge in [-0.3, -0.25) is 0 Å². The molecule has 0 saturated carbocycles. The van der Waals surface area contributed by atoms with Crippen LogP contribution in [-0.4, -0.2) is 23.3 Å². The lowest BCUT2D eigenvalue weighted by molar-refractivity contribution is 0.306. The highest BCUT2D eigenvalue weighted by Crippen LogP contribution is 2.35. The molecule has 0 atom stereocenters. The molecule has 2 N–H and O–H groups in total. The van der Waals surface area contributed by atoms with Crippen LogP contribution in [0.5, 0.6) is 17.2 Å². The maximum Gasteiger partial charge on any atom is 0.181 e. The summed E-state index contributed by atoms with van der Waals surface area (Å²) >= 11 is 0. The third kappa shape index (κ3) is 5.19. The molecule has 0 aromatic heterocycles. The maximum atomic E-state index is 10.2. The molecule has 0 amide bonds. The van der Waals surface area contributed by atoms with E-state index in [0.717, 1.165) is 37.2 Å². The van der Waals surface area contributed by atoms with Crippen molar-refractivity contribution in [1.29, 1.82) is 0 Å². The van der Waals surface area contributed by atoms with Crippen molar-refractivity contribution in [3.05, 3.63) is 83.9 Å². The van der Waals surface area contributed by atoms with Crippen LogP contribution in [0.15, 0.2) is 72.8 Å². The minimum atomic E-state index is -0.0847. The zero-order chi connectivity index (χ0) is 19.8. The normalized spacial score (nSPS) is 10.6. The summed E-state index contributed by atoms with van der Waals surface area (Å²) in [6, 6.07) is 23.3. The van der Waals surface area contributed by atoms with E-state index in [0.29, 0.717) is 12.3 Å². The molecular formula is C24H27NO3. The fourth-order valence-electron chi connectivity index (χ4n) is 3.15. The molecule has 3 rings (SSSR count). The van der Waals surface area contributed by atoms with Crippen molar-refractivity contribution in [2.75, 3.05) is 18.0 Å². The highest BCUT2D eigenvalue weighted by Gasteiger charge is 2.13. The van der Waals surface area contributed by atoms with Crippen molar-refractivity contribution in [1.82, 2.24) is 0 Å². The first kappa shape index (κ1) is 19.6. The molecule has 0 aliphatic rings. The van der Waals surface area contributed by atoms with Gasteiger partial charge in [0.05, 0.1) is 5.69 Å². The van der Waals surface area contributed by atoms with Gasteiger partial charge in [0, 0.05) is 13.1 Å². The number of anilines is 1. The smallest absolute Gasteiger partial charge is 0.181 e. The van der Waals surface area contributed by atoms with Crippen LogP contribution < -0.4 is 9.64 Å². The number of para-hydroxylation sites is 1. The minimum Gasteiger partial charge on any atom is -0.504 e. The summed E-state index contributed by atoms with van der Waals surface area (Å²) in [4.78, 5) is 2.11. The number of ether oxygens (including phenoxy) is 1. The maximum absolute atomic E-state index is 10.2. The molecule has 0 bridgehead atoms. The average Bonchev–Trinajstić information content (AvgIpc) is 2.73. The van der Waals surface area contributed by atoms with Crippen LogP contribution in [0.3, 0.4) is 0 Å². The number of phenols is 2. The van der Waals surface area contributed by atoms with Gasteiger partial charge in [-0.1, -0.05) is 55.5 Å². The van der Waals surface area contributed by atoms with E-state index in [4.69, 9.17) is 4.74 Å². The van der Waals surface area contributed by atoms with Gasteiger partial charge in [-0.05, 0) is 48.2 Å². The van der Waals surface area contributed by atoms with E-state index in [1.54, 1.807) is 6.07 Å². The Morgan fingerprint density at radius 1 is 0.786 bits per heavy atom. The monoisotopic (exact) mass is 377 g/mol. The van der Waals surface area contributed by atoms with Gasteiger partial charge in [-0.15, -0.1) is 0 Å². The zero-order valence-electron chi connectivity index (χ0n) is 16.2. The first-order chi connectivity index (χ1) is 13.7. The second-order valence-corrected chi connectivity index (χ2v) is 6.80. The van der Waals surface area contributed by atoms with E-state index in [1.165, 1.54) is 11.6 Å². The zero-order valence-corrected chi connectivity index (χ0v) is 16.2. The summed E-state index contributed by atoms with van der Waals surface area (Å²) in [7, 11) is 0. The molecule has 146 valence electrons. The summed E-state index contributed by atoms with van der Waals surface area (Å²) in [5.41, 5.74) is 3.02. The van der Waals surface area contributed by atoms with Crippen LogP contribution in [0.4, 0.5) is 5.69 Å². The first-order valence-corrected chi connectivity index (χ1v) is 9.69. The highest BCUT2D eigenvalue weighted by molar-refractivity contribution is 5.63. The summed E-state index contributed by atoms with van der Waals surface area (Å²) < 4.78 is 5.84. The quantitative estimate of drug-likeness (QED) is 0.507. The Morgan fingerprint density at radius 2 is 1.54 bits per heavy atom. The van der Waals surface area contributed by atoms with E-state index < -0.39 is 0 Å². The topological polar surface area (TPSA) is 52.9 Å². The molecule has 0 heterocycles. The predicted octanol–water partition coefficient (Wildman–Crippen LogP) is 5.14. The fraction of sp³-hybridized carbons (Fsp3) is 0.250. The molecule has 28 heavy (non-hydrogen) atoms. The number of benzene rings is 3. The number of rotatable bonds is 9. The molecule has 0 aliphatic carbocycles. The van der Waals surface area contributed by atoms with E-state index in [-0.39, 0.29) is 11.5 Å². The highest BCUT2D eigenvalue weighted by atomic mass is 16.5. The van der Waals surface area contributed by atoms with Gasteiger partial charge in [-0.2, -0.15) is 0 Å². The van der Waals surface area contributed by atoms with Crippen LogP contribution in [0.2, 0.25) is 0 Å². The SMILES string of the molecule is CCCN(CCc1ccc(OCc2ccccc2)cc1)c1cccc(O)c1O. The Balaban J connectivity index is 1.58. The predicted molar refractivity (Wildman–Crippen MR) is 113 cm³/mol. The van der Waals surface area contributed by atoms with Crippen LogP contribution in [0.25, 0.3) is 0 Å². The second kappa shape index (κ2) is 9.70. The molecule has 0 radical (unpaired) electrons. The number of hydrogen-bond donors (Lipinski definition) is 2. The first-order valence-electron chi connectivity index (χ1n) is 9.69. The third-order valence-corrected chi connectivity index (χ3v) is 4.67. The second-order valence-electron chi connectivity index (χ2n) is 6.80. The number of hydrogen-bond acceptors (Lipinski definition) is 4. The van der Waals surface area contributed by atoms with Gasteiger partial charge in [0.25, 0.3) is 0 Å². The van der Waals surface area contributed by atoms with E-state index in [9.17, 15) is 10.2 Å². The molecule has 0 saturated heterocycles. The lowest BCUT2D eigenvalue weighted by atomic mass is 10.1. The Hall–Kier alpha value is -3.14. The Labute approximate surface area is 166 Å². The number of nitrogens with zero attached hydrogens (tertiary/aromatic N) is 1. The molecule has 4 nitrogen and oxygen atoms in total. The summed E-state index contributed by atoms with van der Waals surface area (Å²) in [5.74, 6) is 0.711. The molecule has 3 aromatic rings. The van der Waals surface area contributed by atoms with Gasteiger partial charge in [-0.25, -0.2) is 0 Å². The van der Waals surface area contributed by atoms with Gasteiger partial charge in [0.1, 0.15) is 12.4 Å². The lowest BCUT2D eigenvalue weighted by Gasteiger charge is -2.25.